The number of ether oxygens (including phenoxy) is 2. The van der Waals surface area contributed by atoms with E-state index in [4.69, 9.17) is 21.1 Å². The average Bonchev–Trinajstić information content (AvgIpc) is 2.56. The van der Waals surface area contributed by atoms with Crippen molar-refractivity contribution in [3.05, 3.63) is 34.6 Å². The lowest BCUT2D eigenvalue weighted by Gasteiger charge is -2.36. The molecule has 0 aromatic heterocycles. The SMILES string of the molecule is COC(=O)[C@H]1CCN(Cc2ccc(Cl)cc2F)[C@@H](C(=O)OC)C1. The molecule has 0 aliphatic carbocycles. The first-order valence-corrected chi connectivity index (χ1v) is 7.67. The van der Waals surface area contributed by atoms with E-state index in [1.807, 2.05) is 4.90 Å². The van der Waals surface area contributed by atoms with Gasteiger partial charge in [0.05, 0.1) is 20.1 Å². The summed E-state index contributed by atoms with van der Waals surface area (Å²) in [5.41, 5.74) is 0.444. The first-order chi connectivity index (χ1) is 11.0. The molecule has 0 amide bonds. The van der Waals surface area contributed by atoms with Gasteiger partial charge in [0.2, 0.25) is 0 Å². The van der Waals surface area contributed by atoms with Crippen molar-refractivity contribution in [2.75, 3.05) is 20.8 Å². The van der Waals surface area contributed by atoms with Crippen molar-refractivity contribution in [1.82, 2.24) is 4.90 Å². The van der Waals surface area contributed by atoms with E-state index in [1.165, 1.54) is 20.3 Å². The summed E-state index contributed by atoms with van der Waals surface area (Å²) in [4.78, 5) is 25.6. The van der Waals surface area contributed by atoms with Crippen molar-refractivity contribution in [2.45, 2.75) is 25.4 Å². The second kappa shape index (κ2) is 7.75. The monoisotopic (exact) mass is 343 g/mol. The van der Waals surface area contributed by atoms with E-state index in [1.54, 1.807) is 12.1 Å². The number of carbonyl (C=O) groups is 2. The molecule has 0 N–H and O–H groups in total. The predicted molar refractivity (Wildman–Crippen MR) is 82.4 cm³/mol. The molecule has 0 spiro atoms. The molecule has 0 saturated carbocycles. The van der Waals surface area contributed by atoms with E-state index >= 15 is 0 Å². The topological polar surface area (TPSA) is 55.8 Å². The number of hydrogen-bond donors (Lipinski definition) is 0. The van der Waals surface area contributed by atoms with E-state index in [2.05, 4.69) is 0 Å². The summed E-state index contributed by atoms with van der Waals surface area (Å²) in [6.07, 6.45) is 0.851. The van der Waals surface area contributed by atoms with Gasteiger partial charge in [0.15, 0.2) is 0 Å². The minimum atomic E-state index is -0.604. The molecule has 1 saturated heterocycles. The molecule has 5 nitrogen and oxygen atoms in total. The normalized spacial score (nSPS) is 21.7. The van der Waals surface area contributed by atoms with Crippen molar-refractivity contribution < 1.29 is 23.5 Å². The number of nitrogens with zero attached hydrogens (tertiary/aromatic N) is 1. The van der Waals surface area contributed by atoms with E-state index in [9.17, 15) is 14.0 Å². The first kappa shape index (κ1) is 17.7. The van der Waals surface area contributed by atoms with Crippen LogP contribution in [0.15, 0.2) is 18.2 Å². The Hall–Kier alpha value is -1.66. The molecule has 1 fully saturated rings. The fraction of sp³-hybridized carbons (Fsp3) is 0.500. The third-order valence-corrected chi connectivity index (χ3v) is 4.34. The molecule has 0 unspecified atom stereocenters. The molecule has 0 radical (unpaired) electrons. The van der Waals surface area contributed by atoms with Gasteiger partial charge in [-0.25, -0.2) is 4.39 Å². The maximum atomic E-state index is 14.0. The van der Waals surface area contributed by atoms with Gasteiger partial charge < -0.3 is 9.47 Å². The van der Waals surface area contributed by atoms with Gasteiger partial charge in [-0.1, -0.05) is 17.7 Å². The zero-order chi connectivity index (χ0) is 17.0. The lowest BCUT2D eigenvalue weighted by atomic mass is 9.90. The Bertz CT molecular complexity index is 595. The van der Waals surface area contributed by atoms with Crippen LogP contribution in [-0.2, 0) is 25.6 Å². The van der Waals surface area contributed by atoms with E-state index in [-0.39, 0.29) is 18.4 Å². The van der Waals surface area contributed by atoms with Crippen molar-refractivity contribution in [3.63, 3.8) is 0 Å². The van der Waals surface area contributed by atoms with Gasteiger partial charge >= 0.3 is 11.9 Å². The summed E-state index contributed by atoms with van der Waals surface area (Å²) in [7, 11) is 2.62. The maximum absolute atomic E-state index is 14.0. The van der Waals surface area contributed by atoms with E-state index in [0.717, 1.165) is 0 Å². The number of rotatable bonds is 4. The third kappa shape index (κ3) is 4.20. The van der Waals surface area contributed by atoms with Crippen molar-refractivity contribution in [3.8, 4) is 0 Å². The summed E-state index contributed by atoms with van der Waals surface area (Å²) < 4.78 is 23.5. The molecular formula is C16H19ClFNO4. The number of hydrogen-bond acceptors (Lipinski definition) is 5. The number of halogens is 2. The first-order valence-electron chi connectivity index (χ1n) is 7.30. The van der Waals surface area contributed by atoms with Crippen LogP contribution >= 0.6 is 11.6 Å². The number of methoxy groups -OCH3 is 2. The Morgan fingerprint density at radius 2 is 2.00 bits per heavy atom. The molecule has 0 bridgehead atoms. The third-order valence-electron chi connectivity index (χ3n) is 4.11. The van der Waals surface area contributed by atoms with Crippen LogP contribution in [0.4, 0.5) is 4.39 Å². The molecule has 7 heteroatoms. The molecule has 2 rings (SSSR count). The fourth-order valence-electron chi connectivity index (χ4n) is 2.83. The lowest BCUT2D eigenvalue weighted by Crippen LogP contribution is -2.48. The van der Waals surface area contributed by atoms with Gasteiger partial charge in [0, 0.05) is 23.7 Å². The molecule has 1 aromatic rings. The summed E-state index contributed by atoms with van der Waals surface area (Å²) in [5.74, 6) is -1.55. The summed E-state index contributed by atoms with van der Waals surface area (Å²) in [5, 5.41) is 0.320. The van der Waals surface area contributed by atoms with E-state index < -0.39 is 17.8 Å². The molecule has 1 aromatic carbocycles. The van der Waals surface area contributed by atoms with Crippen molar-refractivity contribution >= 4 is 23.5 Å². The number of benzene rings is 1. The second-order valence-electron chi connectivity index (χ2n) is 5.49. The summed E-state index contributed by atoms with van der Waals surface area (Å²) in [6, 6.07) is 3.84. The molecule has 1 aliphatic heterocycles. The highest BCUT2D eigenvalue weighted by molar-refractivity contribution is 6.30. The second-order valence-corrected chi connectivity index (χ2v) is 5.93. The minimum Gasteiger partial charge on any atom is -0.469 e. The summed E-state index contributed by atoms with van der Waals surface area (Å²) >= 11 is 5.75. The Morgan fingerprint density at radius 3 is 2.61 bits per heavy atom. The molecule has 1 heterocycles. The number of likely N-dealkylation sites (tertiary alicyclic amines) is 1. The Balaban J connectivity index is 2.16. The van der Waals surface area contributed by atoms with Crippen LogP contribution in [-0.4, -0.2) is 43.6 Å². The van der Waals surface area contributed by atoms with Crippen LogP contribution in [0, 0.1) is 11.7 Å². The Morgan fingerprint density at radius 1 is 1.30 bits per heavy atom. The summed E-state index contributed by atoms with van der Waals surface area (Å²) in [6.45, 7) is 0.720. The van der Waals surface area contributed by atoms with Gasteiger partial charge in [-0.15, -0.1) is 0 Å². The van der Waals surface area contributed by atoms with Crippen LogP contribution in [0.1, 0.15) is 18.4 Å². The zero-order valence-electron chi connectivity index (χ0n) is 13.1. The van der Waals surface area contributed by atoms with Crippen molar-refractivity contribution in [1.29, 1.82) is 0 Å². The van der Waals surface area contributed by atoms with Crippen LogP contribution in [0.25, 0.3) is 0 Å². The van der Waals surface area contributed by atoms with Gasteiger partial charge in [0.1, 0.15) is 11.9 Å². The van der Waals surface area contributed by atoms with Gasteiger partial charge in [-0.05, 0) is 25.0 Å². The number of carbonyl (C=O) groups excluding carboxylic acids is 2. The molecule has 2 atom stereocenters. The van der Waals surface area contributed by atoms with Crippen LogP contribution < -0.4 is 0 Å². The fourth-order valence-corrected chi connectivity index (χ4v) is 2.99. The van der Waals surface area contributed by atoms with Gasteiger partial charge in [0.25, 0.3) is 0 Å². The smallest absolute Gasteiger partial charge is 0.323 e. The maximum Gasteiger partial charge on any atom is 0.323 e. The standard InChI is InChI=1S/C16H19ClFNO4/c1-22-15(20)10-5-6-19(14(7-10)16(21)23-2)9-11-3-4-12(17)8-13(11)18/h3-4,8,10,14H,5-7,9H2,1-2H3/t10-,14+/m0/s1. The highest BCUT2D eigenvalue weighted by Gasteiger charge is 2.37. The van der Waals surface area contributed by atoms with E-state index in [0.29, 0.717) is 30.0 Å². The largest absolute Gasteiger partial charge is 0.469 e. The highest BCUT2D eigenvalue weighted by Crippen LogP contribution is 2.27. The molecule has 1 aliphatic rings. The van der Waals surface area contributed by atoms with Crippen LogP contribution in [0.2, 0.25) is 5.02 Å². The minimum absolute atomic E-state index is 0.247. The van der Waals surface area contributed by atoms with Crippen molar-refractivity contribution in [2.24, 2.45) is 5.92 Å². The Kier molecular flexibility index (Phi) is 5.96. The van der Waals surface area contributed by atoms with Crippen LogP contribution in [0.5, 0.6) is 0 Å². The number of piperidine rings is 1. The van der Waals surface area contributed by atoms with Gasteiger partial charge in [-0.2, -0.15) is 0 Å². The Labute approximate surface area is 139 Å². The quantitative estimate of drug-likeness (QED) is 0.786. The molecule has 126 valence electrons. The predicted octanol–water partition coefficient (Wildman–Crippen LogP) is 2.41. The highest BCUT2D eigenvalue weighted by atomic mass is 35.5. The lowest BCUT2D eigenvalue weighted by molar-refractivity contribution is -0.154. The average molecular weight is 344 g/mol. The zero-order valence-corrected chi connectivity index (χ0v) is 13.8. The molecule has 23 heavy (non-hydrogen) atoms. The van der Waals surface area contributed by atoms with Crippen LogP contribution in [0.3, 0.4) is 0 Å². The van der Waals surface area contributed by atoms with Gasteiger partial charge in [-0.3, -0.25) is 14.5 Å². The molecular weight excluding hydrogens is 325 g/mol. The number of esters is 2.